The van der Waals surface area contributed by atoms with Gasteiger partial charge in [0.2, 0.25) is 0 Å². The van der Waals surface area contributed by atoms with Crippen LogP contribution in [-0.4, -0.2) is 10.9 Å². The van der Waals surface area contributed by atoms with Crippen LogP contribution in [0.15, 0.2) is 47.1 Å². The van der Waals surface area contributed by atoms with Crippen molar-refractivity contribution >= 4 is 55.7 Å². The molecule has 0 radical (unpaired) electrons. The van der Waals surface area contributed by atoms with Gasteiger partial charge in [0.25, 0.3) is 5.91 Å². The normalized spacial score (nSPS) is 10.8. The van der Waals surface area contributed by atoms with E-state index in [1.807, 2.05) is 6.07 Å². The highest BCUT2D eigenvalue weighted by Gasteiger charge is 2.14. The lowest BCUT2D eigenvalue weighted by molar-refractivity contribution is 0.102. The number of halogens is 2. The summed E-state index contributed by atoms with van der Waals surface area (Å²) < 4.78 is 0.652. The van der Waals surface area contributed by atoms with Crippen molar-refractivity contribution < 1.29 is 4.79 Å². The van der Waals surface area contributed by atoms with Gasteiger partial charge in [-0.25, -0.2) is 0 Å². The van der Waals surface area contributed by atoms with E-state index in [2.05, 4.69) is 26.2 Å². The monoisotopic (exact) mass is 363 g/mol. The Morgan fingerprint density at radius 2 is 2.10 bits per heavy atom. The first kappa shape index (κ1) is 14.0. The van der Waals surface area contributed by atoms with E-state index in [1.54, 1.807) is 36.5 Å². The number of H-pyrrole nitrogens is 1. The third-order valence-electron chi connectivity index (χ3n) is 3.15. The number of carbonyl (C=O) groups excluding carboxylic acids is 1. The molecule has 6 heteroatoms. The molecule has 0 atom stereocenters. The number of amides is 1. The number of aromatic amines is 1. The van der Waals surface area contributed by atoms with Crippen LogP contribution in [0.4, 0.5) is 11.4 Å². The van der Waals surface area contributed by atoms with Crippen molar-refractivity contribution in [2.75, 3.05) is 11.1 Å². The highest BCUT2D eigenvalue weighted by Crippen LogP contribution is 2.31. The fourth-order valence-corrected chi connectivity index (χ4v) is 2.65. The molecular formula is C15H11BrClN3O. The molecule has 0 fully saturated rings. The van der Waals surface area contributed by atoms with Gasteiger partial charge in [0.15, 0.2) is 0 Å². The van der Waals surface area contributed by atoms with Gasteiger partial charge in [-0.1, -0.05) is 17.7 Å². The Labute approximate surface area is 134 Å². The Kier molecular flexibility index (Phi) is 3.61. The van der Waals surface area contributed by atoms with E-state index in [1.165, 1.54) is 0 Å². The lowest BCUT2D eigenvalue weighted by atomic mass is 10.1. The second-order valence-corrected chi connectivity index (χ2v) is 5.76. The summed E-state index contributed by atoms with van der Waals surface area (Å²) in [5, 5.41) is 4.15. The van der Waals surface area contributed by atoms with Gasteiger partial charge in [-0.2, -0.15) is 0 Å². The largest absolute Gasteiger partial charge is 0.399 e. The molecule has 0 aliphatic carbocycles. The first-order valence-corrected chi connectivity index (χ1v) is 7.35. The van der Waals surface area contributed by atoms with Crippen molar-refractivity contribution in [1.29, 1.82) is 0 Å². The van der Waals surface area contributed by atoms with Crippen LogP contribution in [0.5, 0.6) is 0 Å². The smallest absolute Gasteiger partial charge is 0.257 e. The molecule has 0 bridgehead atoms. The lowest BCUT2D eigenvalue weighted by Gasteiger charge is -2.08. The van der Waals surface area contributed by atoms with Gasteiger partial charge in [-0.05, 0) is 46.3 Å². The Bertz CT molecular complexity index is 844. The fourth-order valence-electron chi connectivity index (χ4n) is 2.12. The average molecular weight is 365 g/mol. The van der Waals surface area contributed by atoms with Crippen LogP contribution in [0.3, 0.4) is 0 Å². The minimum Gasteiger partial charge on any atom is -0.399 e. The molecule has 1 amide bonds. The molecule has 0 aliphatic rings. The maximum Gasteiger partial charge on any atom is 0.257 e. The SMILES string of the molecule is Nc1ccc2[nH]cc(C(=O)Nc3cccc(Cl)c3Br)c2c1. The molecule has 21 heavy (non-hydrogen) atoms. The molecular weight excluding hydrogens is 354 g/mol. The molecule has 3 rings (SSSR count). The van der Waals surface area contributed by atoms with Crippen LogP contribution in [0.2, 0.25) is 5.02 Å². The predicted molar refractivity (Wildman–Crippen MR) is 89.8 cm³/mol. The van der Waals surface area contributed by atoms with Crippen molar-refractivity contribution in [3.8, 4) is 0 Å². The number of nitrogen functional groups attached to an aromatic ring is 1. The number of rotatable bonds is 2. The Morgan fingerprint density at radius 1 is 1.29 bits per heavy atom. The van der Waals surface area contributed by atoms with E-state index < -0.39 is 0 Å². The molecule has 0 saturated carbocycles. The summed E-state index contributed by atoms with van der Waals surface area (Å²) in [6, 6.07) is 10.7. The van der Waals surface area contributed by atoms with Gasteiger partial charge < -0.3 is 16.0 Å². The van der Waals surface area contributed by atoms with Gasteiger partial charge in [-0.15, -0.1) is 0 Å². The number of fused-ring (bicyclic) bond motifs is 1. The quantitative estimate of drug-likeness (QED) is 0.589. The highest BCUT2D eigenvalue weighted by atomic mass is 79.9. The zero-order valence-electron chi connectivity index (χ0n) is 10.8. The highest BCUT2D eigenvalue weighted by molar-refractivity contribution is 9.10. The number of anilines is 2. The zero-order chi connectivity index (χ0) is 15.0. The summed E-state index contributed by atoms with van der Waals surface area (Å²) in [7, 11) is 0. The average Bonchev–Trinajstić information content (AvgIpc) is 2.87. The van der Waals surface area contributed by atoms with E-state index in [4.69, 9.17) is 17.3 Å². The molecule has 4 N–H and O–H groups in total. The van der Waals surface area contributed by atoms with Gasteiger partial charge in [0.05, 0.1) is 20.7 Å². The zero-order valence-corrected chi connectivity index (χ0v) is 13.1. The number of carbonyl (C=O) groups is 1. The van der Waals surface area contributed by atoms with E-state index in [0.29, 0.717) is 26.4 Å². The first-order valence-electron chi connectivity index (χ1n) is 6.18. The van der Waals surface area contributed by atoms with E-state index in [-0.39, 0.29) is 5.91 Å². The Morgan fingerprint density at radius 3 is 2.90 bits per heavy atom. The summed E-state index contributed by atoms with van der Waals surface area (Å²) in [5.41, 5.74) is 8.40. The van der Waals surface area contributed by atoms with Crippen LogP contribution in [-0.2, 0) is 0 Å². The van der Waals surface area contributed by atoms with Gasteiger partial charge in [0.1, 0.15) is 0 Å². The minimum absolute atomic E-state index is 0.227. The molecule has 1 aromatic heterocycles. The summed E-state index contributed by atoms with van der Waals surface area (Å²) >= 11 is 9.38. The van der Waals surface area contributed by atoms with Crippen molar-refractivity contribution in [3.63, 3.8) is 0 Å². The molecule has 1 heterocycles. The Balaban J connectivity index is 1.97. The standard InChI is InChI=1S/C15H11BrClN3O/c16-14-11(17)2-1-3-13(14)20-15(21)10-7-19-12-5-4-8(18)6-9(10)12/h1-7,19H,18H2,(H,20,21). The maximum absolute atomic E-state index is 12.4. The molecule has 4 nitrogen and oxygen atoms in total. The number of hydrogen-bond acceptors (Lipinski definition) is 2. The van der Waals surface area contributed by atoms with E-state index in [0.717, 1.165) is 10.9 Å². The summed E-state index contributed by atoms with van der Waals surface area (Å²) in [5.74, 6) is -0.227. The lowest BCUT2D eigenvalue weighted by Crippen LogP contribution is -2.11. The van der Waals surface area contributed by atoms with Crippen molar-refractivity contribution in [2.45, 2.75) is 0 Å². The van der Waals surface area contributed by atoms with Gasteiger partial charge >= 0.3 is 0 Å². The van der Waals surface area contributed by atoms with Crippen LogP contribution >= 0.6 is 27.5 Å². The van der Waals surface area contributed by atoms with Crippen LogP contribution < -0.4 is 11.1 Å². The van der Waals surface area contributed by atoms with Crippen LogP contribution in [0.25, 0.3) is 10.9 Å². The van der Waals surface area contributed by atoms with Crippen LogP contribution in [0.1, 0.15) is 10.4 Å². The second kappa shape index (κ2) is 5.42. The van der Waals surface area contributed by atoms with Crippen molar-refractivity contribution in [3.05, 3.63) is 57.7 Å². The number of hydrogen-bond donors (Lipinski definition) is 3. The van der Waals surface area contributed by atoms with Crippen molar-refractivity contribution in [2.24, 2.45) is 0 Å². The number of benzene rings is 2. The molecule has 106 valence electrons. The molecule has 0 aliphatic heterocycles. The second-order valence-electron chi connectivity index (χ2n) is 4.56. The molecule has 2 aromatic carbocycles. The number of nitrogens with one attached hydrogen (secondary N) is 2. The topological polar surface area (TPSA) is 70.9 Å². The third kappa shape index (κ3) is 2.62. The minimum atomic E-state index is -0.227. The Hall–Kier alpha value is -1.98. The summed E-state index contributed by atoms with van der Waals surface area (Å²) in [4.78, 5) is 15.5. The predicted octanol–water partition coefficient (Wildman–Crippen LogP) is 4.42. The molecule has 3 aromatic rings. The summed E-state index contributed by atoms with van der Waals surface area (Å²) in [6.45, 7) is 0. The first-order chi connectivity index (χ1) is 10.1. The van der Waals surface area contributed by atoms with E-state index in [9.17, 15) is 4.79 Å². The number of nitrogens with two attached hydrogens (primary N) is 1. The van der Waals surface area contributed by atoms with Gasteiger partial charge in [-0.3, -0.25) is 4.79 Å². The molecule has 0 unspecified atom stereocenters. The molecule has 0 spiro atoms. The maximum atomic E-state index is 12.4. The van der Waals surface area contributed by atoms with Crippen LogP contribution in [0, 0.1) is 0 Å². The fraction of sp³-hybridized carbons (Fsp3) is 0. The molecule has 0 saturated heterocycles. The number of aromatic nitrogens is 1. The third-order valence-corrected chi connectivity index (χ3v) is 4.55. The van der Waals surface area contributed by atoms with E-state index >= 15 is 0 Å². The van der Waals surface area contributed by atoms with Gasteiger partial charge in [0, 0.05) is 22.8 Å². The summed E-state index contributed by atoms with van der Waals surface area (Å²) in [6.07, 6.45) is 1.66. The van der Waals surface area contributed by atoms with Crippen molar-refractivity contribution in [1.82, 2.24) is 4.98 Å².